The molecule has 0 aliphatic rings. The highest BCUT2D eigenvalue weighted by molar-refractivity contribution is 5.71. The van der Waals surface area contributed by atoms with Gasteiger partial charge in [0.25, 0.3) is 0 Å². The summed E-state index contributed by atoms with van der Waals surface area (Å²) in [5.41, 5.74) is 0. The summed E-state index contributed by atoms with van der Waals surface area (Å²) >= 11 is 0. The van der Waals surface area contributed by atoms with Gasteiger partial charge in [-0.1, -0.05) is 372 Å². The summed E-state index contributed by atoms with van der Waals surface area (Å²) in [6.07, 6.45) is 89.0. The molecule has 0 aromatic heterocycles. The summed E-state index contributed by atoms with van der Waals surface area (Å²) in [6.45, 7) is 6.70. The third kappa shape index (κ3) is 68.4. The van der Waals surface area contributed by atoms with E-state index in [0.717, 1.165) is 77.0 Å². The fraction of sp³-hybridized carbons (Fsp3) is 0.882. The topological polar surface area (TPSA) is 78.9 Å². The van der Waals surface area contributed by atoms with Crippen molar-refractivity contribution in [1.29, 1.82) is 0 Å². The Bertz CT molecular complexity index is 1370. The molecule has 1 unspecified atom stereocenters. The monoisotopic (exact) mass is 1150 g/mol. The molecule has 0 aromatic rings. The molecule has 0 heterocycles. The lowest BCUT2D eigenvalue weighted by atomic mass is 10.0. The fourth-order valence-corrected chi connectivity index (χ4v) is 11.3. The molecule has 6 nitrogen and oxygen atoms in total. The zero-order valence-electron chi connectivity index (χ0n) is 55.5. The maximum Gasteiger partial charge on any atom is 0.306 e. The summed E-state index contributed by atoms with van der Waals surface area (Å²) in [6, 6.07) is 0. The van der Waals surface area contributed by atoms with Crippen LogP contribution in [0.5, 0.6) is 0 Å². The maximum absolute atomic E-state index is 13.0. The van der Waals surface area contributed by atoms with Gasteiger partial charge >= 0.3 is 17.9 Å². The second kappa shape index (κ2) is 71.1. The first kappa shape index (κ1) is 79.6. The van der Waals surface area contributed by atoms with E-state index in [0.29, 0.717) is 19.3 Å². The molecule has 0 spiro atoms. The Kier molecular flexibility index (Phi) is 69.1. The smallest absolute Gasteiger partial charge is 0.306 e. The van der Waals surface area contributed by atoms with Gasteiger partial charge in [0.05, 0.1) is 0 Å². The third-order valence-corrected chi connectivity index (χ3v) is 16.9. The van der Waals surface area contributed by atoms with Crippen LogP contribution >= 0.6 is 0 Å². The molecule has 0 aliphatic heterocycles. The van der Waals surface area contributed by atoms with E-state index in [1.54, 1.807) is 0 Å². The molecule has 0 saturated carbocycles. The van der Waals surface area contributed by atoms with Gasteiger partial charge < -0.3 is 14.2 Å². The first-order valence-electron chi connectivity index (χ1n) is 37.0. The largest absolute Gasteiger partial charge is 0.462 e. The number of ether oxygens (including phenoxy) is 3. The van der Waals surface area contributed by atoms with Crippen molar-refractivity contribution < 1.29 is 28.6 Å². The van der Waals surface area contributed by atoms with Crippen molar-refractivity contribution in [2.24, 2.45) is 0 Å². The summed E-state index contributed by atoms with van der Waals surface area (Å²) in [5.74, 6) is -0.852. The van der Waals surface area contributed by atoms with Crippen LogP contribution in [0, 0.1) is 0 Å². The Labute approximate surface area is 512 Å². The zero-order chi connectivity index (χ0) is 59.2. The van der Waals surface area contributed by atoms with E-state index in [1.165, 1.54) is 295 Å². The van der Waals surface area contributed by atoms with Crippen molar-refractivity contribution in [2.75, 3.05) is 13.2 Å². The first-order valence-corrected chi connectivity index (χ1v) is 37.0. The first-order chi connectivity index (χ1) is 40.5. The van der Waals surface area contributed by atoms with Gasteiger partial charge in [-0.3, -0.25) is 14.4 Å². The molecular weight excluding hydrogens is 1010 g/mol. The quantitative estimate of drug-likeness (QED) is 0.0261. The molecule has 0 rings (SSSR count). The third-order valence-electron chi connectivity index (χ3n) is 16.9. The average Bonchev–Trinajstić information content (AvgIpc) is 3.47. The van der Waals surface area contributed by atoms with Crippen LogP contribution in [0.15, 0.2) is 36.5 Å². The van der Waals surface area contributed by atoms with Crippen LogP contribution in [-0.2, 0) is 28.6 Å². The van der Waals surface area contributed by atoms with E-state index in [9.17, 15) is 14.4 Å². The van der Waals surface area contributed by atoms with E-state index < -0.39 is 6.10 Å². The molecule has 0 amide bonds. The number of allylic oxidation sites excluding steroid dienone is 6. The number of carbonyl (C=O) groups is 3. The van der Waals surface area contributed by atoms with Gasteiger partial charge in [0.1, 0.15) is 13.2 Å². The molecule has 0 radical (unpaired) electrons. The van der Waals surface area contributed by atoms with Gasteiger partial charge in [0, 0.05) is 19.3 Å². The number of carbonyl (C=O) groups excluding carboxylic acids is 3. The molecule has 482 valence electrons. The molecule has 0 aliphatic carbocycles. The van der Waals surface area contributed by atoms with E-state index in [4.69, 9.17) is 14.2 Å². The van der Waals surface area contributed by atoms with Gasteiger partial charge in [-0.05, 0) is 57.8 Å². The van der Waals surface area contributed by atoms with Crippen LogP contribution in [0.25, 0.3) is 0 Å². The highest BCUT2D eigenvalue weighted by Gasteiger charge is 2.19. The Balaban J connectivity index is 4.24. The average molecular weight is 1150 g/mol. The minimum absolute atomic E-state index is 0.0717. The lowest BCUT2D eigenvalue weighted by Crippen LogP contribution is -2.30. The second-order valence-corrected chi connectivity index (χ2v) is 25.2. The van der Waals surface area contributed by atoms with Gasteiger partial charge in [-0.15, -0.1) is 0 Å². The molecule has 0 bridgehead atoms. The van der Waals surface area contributed by atoms with Crippen molar-refractivity contribution in [1.82, 2.24) is 0 Å². The van der Waals surface area contributed by atoms with Crippen LogP contribution in [-0.4, -0.2) is 37.2 Å². The molecule has 6 heteroatoms. The lowest BCUT2D eigenvalue weighted by Gasteiger charge is -2.18. The van der Waals surface area contributed by atoms with Crippen LogP contribution in [0.1, 0.15) is 412 Å². The van der Waals surface area contributed by atoms with Gasteiger partial charge in [-0.25, -0.2) is 0 Å². The van der Waals surface area contributed by atoms with Gasteiger partial charge in [-0.2, -0.15) is 0 Å². The fourth-order valence-electron chi connectivity index (χ4n) is 11.3. The number of unbranched alkanes of at least 4 members (excludes halogenated alkanes) is 52. The minimum atomic E-state index is -0.777. The van der Waals surface area contributed by atoms with E-state index in [-0.39, 0.29) is 31.1 Å². The van der Waals surface area contributed by atoms with E-state index >= 15 is 0 Å². The predicted octanol–water partition coefficient (Wildman–Crippen LogP) is 25.5. The van der Waals surface area contributed by atoms with Gasteiger partial charge in [0.2, 0.25) is 0 Å². The molecular formula is C76H142O6. The van der Waals surface area contributed by atoms with Gasteiger partial charge in [0.15, 0.2) is 6.10 Å². The number of rotatable bonds is 69. The van der Waals surface area contributed by atoms with Crippen molar-refractivity contribution in [3.8, 4) is 0 Å². The molecule has 82 heavy (non-hydrogen) atoms. The summed E-state index contributed by atoms with van der Waals surface area (Å²) in [5, 5.41) is 0. The number of hydrogen-bond acceptors (Lipinski definition) is 6. The van der Waals surface area contributed by atoms with Crippen LogP contribution in [0.2, 0.25) is 0 Å². The minimum Gasteiger partial charge on any atom is -0.462 e. The predicted molar refractivity (Wildman–Crippen MR) is 358 cm³/mol. The Morgan fingerprint density at radius 3 is 0.683 bits per heavy atom. The second-order valence-electron chi connectivity index (χ2n) is 25.2. The lowest BCUT2D eigenvalue weighted by molar-refractivity contribution is -0.167. The van der Waals surface area contributed by atoms with Crippen LogP contribution in [0.4, 0.5) is 0 Å². The summed E-state index contributed by atoms with van der Waals surface area (Å²) in [7, 11) is 0. The highest BCUT2D eigenvalue weighted by atomic mass is 16.6. The standard InChI is InChI=1S/C76H142O6/c1-4-7-10-13-16-19-22-25-28-30-32-34-35-36-37-38-39-40-42-43-45-48-51-54-57-60-63-66-69-75(78)81-72-73(71-80-74(77)68-65-62-59-56-53-50-47-27-24-21-18-15-12-9-6-3)82-76(79)70-67-64-61-58-55-52-49-46-44-41-33-31-29-26-23-20-17-14-11-8-5-2/h23,26,31,33,44,46,73H,4-22,24-25,27-30,32,34-43,45,47-72H2,1-3H3/b26-23-,33-31-,46-44-. The van der Waals surface area contributed by atoms with Crippen molar-refractivity contribution in [3.63, 3.8) is 0 Å². The normalized spacial score (nSPS) is 12.2. The Morgan fingerprint density at radius 1 is 0.244 bits per heavy atom. The summed E-state index contributed by atoms with van der Waals surface area (Å²) in [4.78, 5) is 38.5. The Hall–Kier alpha value is -2.37. The molecule has 0 aromatic carbocycles. The summed E-state index contributed by atoms with van der Waals surface area (Å²) < 4.78 is 17.0. The molecule has 0 saturated heterocycles. The molecule has 0 fully saturated rings. The highest BCUT2D eigenvalue weighted by Crippen LogP contribution is 2.19. The number of hydrogen-bond donors (Lipinski definition) is 0. The van der Waals surface area contributed by atoms with Crippen molar-refractivity contribution in [2.45, 2.75) is 419 Å². The van der Waals surface area contributed by atoms with Crippen LogP contribution in [0.3, 0.4) is 0 Å². The van der Waals surface area contributed by atoms with Crippen molar-refractivity contribution >= 4 is 17.9 Å². The van der Waals surface area contributed by atoms with Crippen molar-refractivity contribution in [3.05, 3.63) is 36.5 Å². The van der Waals surface area contributed by atoms with E-state index in [1.807, 2.05) is 0 Å². The van der Waals surface area contributed by atoms with E-state index in [2.05, 4.69) is 57.2 Å². The maximum atomic E-state index is 13.0. The molecule has 0 N–H and O–H groups in total. The SMILES string of the molecule is CCCCCCC/C=C\C/C=C\C/C=C\CCCCCCCCC(=O)OC(COC(=O)CCCCCCCCCCCCCCCCC)COC(=O)CCCCCCCCCCCCCCCCCCCCCCCCCCCCCC. The number of esters is 3. The molecule has 1 atom stereocenters. The van der Waals surface area contributed by atoms with Crippen LogP contribution < -0.4 is 0 Å². The Morgan fingerprint density at radius 2 is 0.439 bits per heavy atom. The zero-order valence-corrected chi connectivity index (χ0v) is 55.5.